The molecule has 1 heterocycles. The molecule has 0 saturated carbocycles. The summed E-state index contributed by atoms with van der Waals surface area (Å²) >= 11 is 0.959. The van der Waals surface area contributed by atoms with Gasteiger partial charge in [-0.2, -0.15) is 26.3 Å². The van der Waals surface area contributed by atoms with E-state index in [0.717, 1.165) is 41.7 Å². The fourth-order valence-electron chi connectivity index (χ4n) is 2.96. The fraction of sp³-hybridized carbons (Fsp3) is 0.0870. The van der Waals surface area contributed by atoms with Crippen LogP contribution in [0.5, 0.6) is 11.5 Å². The number of amides is 1. The van der Waals surface area contributed by atoms with Gasteiger partial charge in [-0.05, 0) is 48.5 Å². The maximum absolute atomic E-state index is 12.9. The highest BCUT2D eigenvalue weighted by molar-refractivity contribution is 7.18. The van der Waals surface area contributed by atoms with Crippen LogP contribution in [0.25, 0.3) is 10.6 Å². The number of anilines is 1. The first kappa shape index (κ1) is 24.2. The van der Waals surface area contributed by atoms with Gasteiger partial charge in [0.25, 0.3) is 5.91 Å². The van der Waals surface area contributed by atoms with Crippen molar-refractivity contribution in [2.45, 2.75) is 12.4 Å². The molecule has 0 spiro atoms. The largest absolute Gasteiger partial charge is 0.457 e. The van der Waals surface area contributed by atoms with Gasteiger partial charge in [-0.1, -0.05) is 35.6 Å². The lowest BCUT2D eigenvalue weighted by molar-refractivity contribution is -0.138. The number of benzene rings is 3. The molecule has 12 heteroatoms. The number of hydrogen-bond acceptors (Lipinski definition) is 5. The summed E-state index contributed by atoms with van der Waals surface area (Å²) in [6.45, 7) is 0. The molecule has 0 fully saturated rings. The summed E-state index contributed by atoms with van der Waals surface area (Å²) in [6.07, 6.45) is -9.10. The third-order valence-corrected chi connectivity index (χ3v) is 5.46. The van der Waals surface area contributed by atoms with Gasteiger partial charge in [-0.25, -0.2) is 0 Å². The Morgan fingerprint density at radius 2 is 1.37 bits per heavy atom. The molecule has 0 bridgehead atoms. The van der Waals surface area contributed by atoms with E-state index in [2.05, 4.69) is 15.5 Å². The second kappa shape index (κ2) is 9.37. The molecule has 4 rings (SSSR count). The minimum absolute atomic E-state index is 0.0109. The first-order valence-electron chi connectivity index (χ1n) is 9.77. The third-order valence-electron chi connectivity index (χ3n) is 4.58. The minimum atomic E-state index is -4.59. The summed E-state index contributed by atoms with van der Waals surface area (Å²) in [5, 5.41) is 10.6. The molecule has 3 aromatic carbocycles. The Hall–Kier alpha value is -3.93. The normalized spacial score (nSPS) is 11.8. The lowest BCUT2D eigenvalue weighted by Gasteiger charge is -2.10. The molecular weight excluding hydrogens is 496 g/mol. The Morgan fingerprint density at radius 3 is 2.06 bits per heavy atom. The van der Waals surface area contributed by atoms with Gasteiger partial charge in [-0.15, -0.1) is 10.2 Å². The highest BCUT2D eigenvalue weighted by Crippen LogP contribution is 2.35. The van der Waals surface area contributed by atoms with Crippen LogP contribution in [-0.4, -0.2) is 16.1 Å². The van der Waals surface area contributed by atoms with Crippen molar-refractivity contribution in [3.63, 3.8) is 0 Å². The molecule has 0 saturated heterocycles. The van der Waals surface area contributed by atoms with E-state index >= 15 is 0 Å². The van der Waals surface area contributed by atoms with Crippen LogP contribution in [-0.2, 0) is 12.4 Å². The van der Waals surface area contributed by atoms with Crippen molar-refractivity contribution in [1.82, 2.24) is 10.2 Å². The van der Waals surface area contributed by atoms with Crippen molar-refractivity contribution in [1.29, 1.82) is 0 Å². The number of rotatable bonds is 5. The number of aromatic nitrogens is 2. The van der Waals surface area contributed by atoms with Crippen LogP contribution in [0.1, 0.15) is 21.5 Å². The number of ether oxygens (including phenoxy) is 1. The Morgan fingerprint density at radius 1 is 0.771 bits per heavy atom. The molecule has 0 radical (unpaired) electrons. The van der Waals surface area contributed by atoms with E-state index < -0.39 is 29.4 Å². The molecule has 0 atom stereocenters. The number of hydrogen-bond donors (Lipinski definition) is 1. The van der Waals surface area contributed by atoms with Gasteiger partial charge >= 0.3 is 12.4 Å². The quantitative estimate of drug-likeness (QED) is 0.287. The van der Waals surface area contributed by atoms with Gasteiger partial charge in [-0.3, -0.25) is 10.1 Å². The van der Waals surface area contributed by atoms with Gasteiger partial charge in [0.15, 0.2) is 0 Å². The van der Waals surface area contributed by atoms with E-state index in [9.17, 15) is 31.1 Å². The topological polar surface area (TPSA) is 64.1 Å². The van der Waals surface area contributed by atoms with E-state index in [1.165, 1.54) is 24.3 Å². The number of alkyl halides is 6. The second-order valence-electron chi connectivity index (χ2n) is 7.10. The van der Waals surface area contributed by atoms with Crippen LogP contribution in [0.2, 0.25) is 0 Å². The molecule has 0 unspecified atom stereocenters. The third kappa shape index (κ3) is 5.96. The standard InChI is InChI=1S/C23H13F6N3O2S/c24-22(25,26)15-6-1-4-13(10-15)19(33)30-21-32-31-20(35-21)14-5-2-8-17(11-14)34-18-9-3-7-16(12-18)23(27,28)29/h1-12H,(H,30,32,33). The lowest BCUT2D eigenvalue weighted by Crippen LogP contribution is -2.13. The summed E-state index contributed by atoms with van der Waals surface area (Å²) < 4.78 is 82.9. The second-order valence-corrected chi connectivity index (χ2v) is 8.08. The first-order valence-corrected chi connectivity index (χ1v) is 10.6. The van der Waals surface area contributed by atoms with E-state index in [1.54, 1.807) is 18.2 Å². The van der Waals surface area contributed by atoms with Gasteiger partial charge < -0.3 is 4.74 Å². The van der Waals surface area contributed by atoms with Crippen molar-refractivity contribution in [2.75, 3.05) is 5.32 Å². The first-order chi connectivity index (χ1) is 16.5. The summed E-state index contributed by atoms with van der Waals surface area (Å²) in [5.41, 5.74) is -1.50. The number of carbonyl (C=O) groups excluding carboxylic acids is 1. The van der Waals surface area contributed by atoms with Crippen LogP contribution in [0, 0.1) is 0 Å². The maximum Gasteiger partial charge on any atom is 0.416 e. The highest BCUT2D eigenvalue weighted by Gasteiger charge is 2.31. The van der Waals surface area contributed by atoms with Gasteiger partial charge in [0.2, 0.25) is 5.13 Å². The van der Waals surface area contributed by atoms with Crippen molar-refractivity contribution in [2.24, 2.45) is 0 Å². The average Bonchev–Trinajstić information content (AvgIpc) is 3.27. The van der Waals surface area contributed by atoms with E-state index in [4.69, 9.17) is 4.74 Å². The zero-order valence-corrected chi connectivity index (χ0v) is 18.1. The molecule has 180 valence electrons. The molecule has 0 aliphatic heterocycles. The Bertz CT molecular complexity index is 1370. The van der Waals surface area contributed by atoms with Crippen molar-refractivity contribution in [3.8, 4) is 22.1 Å². The molecule has 0 aliphatic carbocycles. The fourth-order valence-corrected chi connectivity index (χ4v) is 3.70. The molecular formula is C23H13F6N3O2S. The average molecular weight is 509 g/mol. The Balaban J connectivity index is 1.49. The van der Waals surface area contributed by atoms with Crippen molar-refractivity contribution >= 4 is 22.4 Å². The van der Waals surface area contributed by atoms with Crippen LogP contribution in [0.15, 0.2) is 72.8 Å². The maximum atomic E-state index is 12.9. The molecule has 35 heavy (non-hydrogen) atoms. The van der Waals surface area contributed by atoms with Crippen LogP contribution < -0.4 is 10.1 Å². The van der Waals surface area contributed by atoms with E-state index in [1.807, 2.05) is 0 Å². The van der Waals surface area contributed by atoms with Crippen molar-refractivity contribution in [3.05, 3.63) is 89.5 Å². The molecule has 1 N–H and O–H groups in total. The van der Waals surface area contributed by atoms with Crippen molar-refractivity contribution < 1.29 is 35.9 Å². The number of halogens is 6. The highest BCUT2D eigenvalue weighted by atomic mass is 32.1. The molecule has 1 aromatic heterocycles. The monoisotopic (exact) mass is 509 g/mol. The smallest absolute Gasteiger partial charge is 0.416 e. The van der Waals surface area contributed by atoms with Crippen LogP contribution in [0.3, 0.4) is 0 Å². The summed E-state index contributed by atoms with van der Waals surface area (Å²) in [6, 6.07) is 14.7. The van der Waals surface area contributed by atoms with Crippen LogP contribution >= 0.6 is 11.3 Å². The zero-order valence-electron chi connectivity index (χ0n) is 17.3. The minimum Gasteiger partial charge on any atom is -0.457 e. The number of nitrogens with one attached hydrogen (secondary N) is 1. The van der Waals surface area contributed by atoms with E-state index in [-0.39, 0.29) is 22.2 Å². The number of nitrogens with zero attached hydrogens (tertiary/aromatic N) is 2. The van der Waals surface area contributed by atoms with Gasteiger partial charge in [0.05, 0.1) is 11.1 Å². The summed E-state index contributed by atoms with van der Waals surface area (Å²) in [4.78, 5) is 12.4. The molecule has 0 aliphatic rings. The van der Waals surface area contributed by atoms with E-state index in [0.29, 0.717) is 10.6 Å². The van der Waals surface area contributed by atoms with Gasteiger partial charge in [0.1, 0.15) is 16.5 Å². The predicted molar refractivity (Wildman–Crippen MR) is 116 cm³/mol. The SMILES string of the molecule is O=C(Nc1nnc(-c2cccc(Oc3cccc(C(F)(F)F)c3)c2)s1)c1cccc(C(F)(F)F)c1. The summed E-state index contributed by atoms with van der Waals surface area (Å²) in [5.74, 6) is -0.560. The predicted octanol–water partition coefficient (Wildman–Crippen LogP) is 7.29. The Labute approximate surface area is 198 Å². The Kier molecular flexibility index (Phi) is 6.48. The molecule has 5 nitrogen and oxygen atoms in total. The molecule has 4 aromatic rings. The molecule has 1 amide bonds. The van der Waals surface area contributed by atoms with Gasteiger partial charge in [0, 0.05) is 11.1 Å². The lowest BCUT2D eigenvalue weighted by atomic mass is 10.1. The zero-order chi connectivity index (χ0) is 25.2. The number of carbonyl (C=O) groups is 1. The summed E-state index contributed by atoms with van der Waals surface area (Å²) in [7, 11) is 0. The van der Waals surface area contributed by atoms with Crippen LogP contribution in [0.4, 0.5) is 31.5 Å².